The predicted molar refractivity (Wildman–Crippen MR) is 78.6 cm³/mol. The molecule has 1 aliphatic heterocycles. The van der Waals surface area contributed by atoms with E-state index in [9.17, 15) is 4.79 Å². The zero-order valence-electron chi connectivity index (χ0n) is 12.2. The number of amides is 1. The van der Waals surface area contributed by atoms with Gasteiger partial charge in [-0.25, -0.2) is 9.97 Å². The summed E-state index contributed by atoms with van der Waals surface area (Å²) >= 11 is 1.53. The molecular formula is C14H17N3O4S. The zero-order valence-corrected chi connectivity index (χ0v) is 13.0. The number of nitrogens with one attached hydrogen (secondary N) is 1. The van der Waals surface area contributed by atoms with E-state index in [0.29, 0.717) is 25.5 Å². The van der Waals surface area contributed by atoms with Crippen molar-refractivity contribution in [2.45, 2.75) is 32.1 Å². The lowest BCUT2D eigenvalue weighted by molar-refractivity contribution is -0.0613. The standard InChI is InChI=1S/C14H17N3O4S/c1-9-13(21-7-15-9)14(18)17-11-5-19-3-2-12(11)20-4-10-6-22-8-16-10/h6-8,11-12H,2-5H2,1H3,(H,17,18)/t11-,12+/m1/s1. The number of thiazole rings is 1. The van der Waals surface area contributed by atoms with Crippen molar-refractivity contribution in [2.24, 2.45) is 0 Å². The first-order valence-corrected chi connectivity index (χ1v) is 7.95. The molecule has 1 aliphatic rings. The second-order valence-electron chi connectivity index (χ2n) is 5.04. The van der Waals surface area contributed by atoms with Gasteiger partial charge in [0.25, 0.3) is 5.91 Å². The molecule has 0 aliphatic carbocycles. The fourth-order valence-electron chi connectivity index (χ4n) is 2.31. The number of hydrogen-bond acceptors (Lipinski definition) is 7. The number of hydrogen-bond donors (Lipinski definition) is 1. The molecule has 0 radical (unpaired) electrons. The first kappa shape index (κ1) is 15.1. The van der Waals surface area contributed by atoms with Gasteiger partial charge in [0.15, 0.2) is 6.39 Å². The highest BCUT2D eigenvalue weighted by Crippen LogP contribution is 2.16. The summed E-state index contributed by atoms with van der Waals surface area (Å²) in [6, 6.07) is -0.218. The van der Waals surface area contributed by atoms with E-state index in [4.69, 9.17) is 13.9 Å². The summed E-state index contributed by atoms with van der Waals surface area (Å²) in [5.74, 6) is -0.0726. The second kappa shape index (κ2) is 6.99. The molecule has 3 heterocycles. The van der Waals surface area contributed by atoms with Gasteiger partial charge < -0.3 is 19.2 Å². The molecule has 0 bridgehead atoms. The van der Waals surface area contributed by atoms with Gasteiger partial charge in [-0.15, -0.1) is 11.3 Å². The van der Waals surface area contributed by atoms with Gasteiger partial charge in [0.1, 0.15) is 0 Å². The van der Waals surface area contributed by atoms with Crippen LogP contribution in [0.25, 0.3) is 0 Å². The molecule has 0 saturated carbocycles. The average Bonchev–Trinajstić information content (AvgIpc) is 3.17. The lowest BCUT2D eigenvalue weighted by Crippen LogP contribution is -2.50. The van der Waals surface area contributed by atoms with E-state index in [1.807, 2.05) is 5.38 Å². The van der Waals surface area contributed by atoms with Crippen molar-refractivity contribution in [3.8, 4) is 0 Å². The number of aryl methyl sites for hydroxylation is 1. The minimum atomic E-state index is -0.298. The van der Waals surface area contributed by atoms with Crippen molar-refractivity contribution < 1.29 is 18.7 Å². The van der Waals surface area contributed by atoms with Gasteiger partial charge in [0.05, 0.1) is 42.3 Å². The highest BCUT2D eigenvalue weighted by molar-refractivity contribution is 7.07. The maximum Gasteiger partial charge on any atom is 0.289 e. The van der Waals surface area contributed by atoms with Crippen molar-refractivity contribution in [3.63, 3.8) is 0 Å². The first-order chi connectivity index (χ1) is 10.7. The van der Waals surface area contributed by atoms with Crippen LogP contribution in [0.3, 0.4) is 0 Å². The summed E-state index contributed by atoms with van der Waals surface area (Å²) in [6.07, 6.45) is 1.88. The van der Waals surface area contributed by atoms with Gasteiger partial charge in [-0.05, 0) is 13.3 Å². The molecule has 8 heteroatoms. The van der Waals surface area contributed by atoms with E-state index in [0.717, 1.165) is 12.1 Å². The van der Waals surface area contributed by atoms with Crippen molar-refractivity contribution in [1.82, 2.24) is 15.3 Å². The Morgan fingerprint density at radius 2 is 2.45 bits per heavy atom. The zero-order chi connectivity index (χ0) is 15.4. The molecule has 1 amide bonds. The number of nitrogens with zero attached hydrogens (tertiary/aromatic N) is 2. The molecule has 2 aromatic rings. The molecule has 0 aromatic carbocycles. The van der Waals surface area contributed by atoms with E-state index in [2.05, 4.69) is 15.3 Å². The number of rotatable bonds is 5. The topological polar surface area (TPSA) is 86.5 Å². The van der Waals surface area contributed by atoms with Crippen LogP contribution in [0.15, 0.2) is 21.7 Å². The van der Waals surface area contributed by atoms with E-state index in [1.54, 1.807) is 12.4 Å². The summed E-state index contributed by atoms with van der Waals surface area (Å²) < 4.78 is 16.4. The van der Waals surface area contributed by atoms with Crippen LogP contribution in [-0.4, -0.2) is 41.2 Å². The fourth-order valence-corrected chi connectivity index (χ4v) is 2.85. The Balaban J connectivity index is 1.60. The summed E-state index contributed by atoms with van der Waals surface area (Å²) in [7, 11) is 0. The first-order valence-electron chi connectivity index (χ1n) is 7.01. The Hall–Kier alpha value is -1.77. The molecule has 0 spiro atoms. The van der Waals surface area contributed by atoms with Crippen molar-refractivity contribution in [2.75, 3.05) is 13.2 Å². The van der Waals surface area contributed by atoms with Crippen LogP contribution in [0.4, 0.5) is 0 Å². The number of carbonyl (C=O) groups is 1. The van der Waals surface area contributed by atoms with Gasteiger partial charge in [-0.1, -0.05) is 0 Å². The van der Waals surface area contributed by atoms with Crippen LogP contribution < -0.4 is 5.32 Å². The smallest absolute Gasteiger partial charge is 0.289 e. The third kappa shape index (κ3) is 3.52. The number of oxazole rings is 1. The van der Waals surface area contributed by atoms with E-state index >= 15 is 0 Å². The summed E-state index contributed by atoms with van der Waals surface area (Å²) in [5, 5.41) is 4.85. The van der Waals surface area contributed by atoms with Crippen LogP contribution >= 0.6 is 11.3 Å². The number of aromatic nitrogens is 2. The van der Waals surface area contributed by atoms with E-state index < -0.39 is 0 Å². The Labute approximate surface area is 131 Å². The van der Waals surface area contributed by atoms with Crippen molar-refractivity contribution >= 4 is 17.2 Å². The largest absolute Gasteiger partial charge is 0.438 e. The Morgan fingerprint density at radius 3 is 3.18 bits per heavy atom. The van der Waals surface area contributed by atoms with Gasteiger partial charge in [0.2, 0.25) is 5.76 Å². The van der Waals surface area contributed by atoms with Crippen LogP contribution in [-0.2, 0) is 16.1 Å². The molecule has 22 heavy (non-hydrogen) atoms. The molecule has 2 atom stereocenters. The molecule has 1 saturated heterocycles. The van der Waals surface area contributed by atoms with Crippen LogP contribution in [0.1, 0.15) is 28.4 Å². The predicted octanol–water partition coefficient (Wildman–Crippen LogP) is 1.54. The molecule has 118 valence electrons. The molecule has 7 nitrogen and oxygen atoms in total. The highest BCUT2D eigenvalue weighted by Gasteiger charge is 2.29. The Morgan fingerprint density at radius 1 is 1.55 bits per heavy atom. The molecule has 3 rings (SSSR count). The molecule has 1 fully saturated rings. The fraction of sp³-hybridized carbons (Fsp3) is 0.500. The van der Waals surface area contributed by atoms with Crippen molar-refractivity contribution in [1.29, 1.82) is 0 Å². The molecule has 1 N–H and O–H groups in total. The average molecular weight is 323 g/mol. The lowest BCUT2D eigenvalue weighted by Gasteiger charge is -2.31. The minimum Gasteiger partial charge on any atom is -0.438 e. The monoisotopic (exact) mass is 323 g/mol. The quantitative estimate of drug-likeness (QED) is 0.898. The summed E-state index contributed by atoms with van der Waals surface area (Å²) in [5.41, 5.74) is 3.23. The van der Waals surface area contributed by atoms with Crippen LogP contribution in [0.5, 0.6) is 0 Å². The second-order valence-corrected chi connectivity index (χ2v) is 5.76. The van der Waals surface area contributed by atoms with E-state index in [1.165, 1.54) is 17.7 Å². The molecule has 2 aromatic heterocycles. The molecular weight excluding hydrogens is 306 g/mol. The maximum absolute atomic E-state index is 12.2. The molecule has 0 unspecified atom stereocenters. The van der Waals surface area contributed by atoms with Crippen LogP contribution in [0, 0.1) is 6.92 Å². The third-order valence-electron chi connectivity index (χ3n) is 3.49. The Bertz CT molecular complexity index is 613. The summed E-state index contributed by atoms with van der Waals surface area (Å²) in [4.78, 5) is 20.3. The minimum absolute atomic E-state index is 0.109. The van der Waals surface area contributed by atoms with Gasteiger partial charge in [-0.3, -0.25) is 4.79 Å². The van der Waals surface area contributed by atoms with E-state index in [-0.39, 0.29) is 23.8 Å². The number of ether oxygens (including phenoxy) is 2. The van der Waals surface area contributed by atoms with Gasteiger partial charge in [-0.2, -0.15) is 0 Å². The highest BCUT2D eigenvalue weighted by atomic mass is 32.1. The normalized spacial score (nSPS) is 21.7. The van der Waals surface area contributed by atoms with Gasteiger partial charge in [0, 0.05) is 12.0 Å². The SMILES string of the molecule is Cc1ncoc1C(=O)N[C@@H]1COCC[C@@H]1OCc1cscn1. The van der Waals surface area contributed by atoms with Gasteiger partial charge >= 0.3 is 0 Å². The Kier molecular flexibility index (Phi) is 4.81. The third-order valence-corrected chi connectivity index (χ3v) is 4.13. The lowest BCUT2D eigenvalue weighted by atomic mass is 10.1. The maximum atomic E-state index is 12.2. The number of carbonyl (C=O) groups excluding carboxylic acids is 1. The van der Waals surface area contributed by atoms with Crippen molar-refractivity contribution in [3.05, 3.63) is 34.4 Å². The summed E-state index contributed by atoms with van der Waals surface area (Å²) in [6.45, 7) is 3.20. The van der Waals surface area contributed by atoms with Crippen LogP contribution in [0.2, 0.25) is 0 Å².